The number of quaternary nitrogens is 2. The van der Waals surface area contributed by atoms with E-state index in [4.69, 9.17) is 5.11 Å². The zero-order valence-corrected chi connectivity index (χ0v) is 13.2. The Hall–Kier alpha value is -1.51. The molecule has 0 saturated heterocycles. The van der Waals surface area contributed by atoms with Crippen LogP contribution in [0.1, 0.15) is 6.92 Å². The molecular formula is C13H25N3O5. The van der Waals surface area contributed by atoms with Gasteiger partial charge in [-0.1, -0.05) is 0 Å². The highest BCUT2D eigenvalue weighted by atomic mass is 16.4. The van der Waals surface area contributed by atoms with E-state index < -0.39 is 11.9 Å². The summed E-state index contributed by atoms with van der Waals surface area (Å²) in [4.78, 5) is 24.6. The number of carbonyl (C=O) groups excluding carboxylic acids is 2. The van der Waals surface area contributed by atoms with Crippen molar-refractivity contribution in [3.63, 3.8) is 0 Å². The van der Waals surface area contributed by atoms with Gasteiger partial charge in [0.1, 0.15) is 26.2 Å². The molecule has 0 radical (unpaired) electrons. The summed E-state index contributed by atoms with van der Waals surface area (Å²) >= 11 is 0. The van der Waals surface area contributed by atoms with Gasteiger partial charge in [-0.05, 0) is 0 Å². The number of carbonyl (C=O) groups is 2. The predicted molar refractivity (Wildman–Crippen MR) is 72.8 cm³/mol. The zero-order chi connectivity index (χ0) is 16.7. The van der Waals surface area contributed by atoms with Gasteiger partial charge in [-0.15, -0.1) is 0 Å². The molecule has 1 N–H and O–H groups in total. The maximum absolute atomic E-state index is 10.5. The van der Waals surface area contributed by atoms with Crippen LogP contribution in [0.15, 0.2) is 4.99 Å². The minimum atomic E-state index is -1.09. The summed E-state index contributed by atoms with van der Waals surface area (Å²) in [6.45, 7) is 3.45. The molecule has 0 aliphatic carbocycles. The number of carboxylic acids is 2. The molecule has 0 spiro atoms. The third kappa shape index (κ3) is 7.74. The van der Waals surface area contributed by atoms with Crippen molar-refractivity contribution in [3.05, 3.63) is 0 Å². The third-order valence-electron chi connectivity index (χ3n) is 3.12. The number of carboxylic acid groups (broad SMARTS) is 2. The summed E-state index contributed by atoms with van der Waals surface area (Å²) in [6.07, 6.45) is 0. The van der Waals surface area contributed by atoms with E-state index in [-0.39, 0.29) is 24.2 Å². The Bertz CT molecular complexity index is 403. The molecule has 1 aliphatic rings. The van der Waals surface area contributed by atoms with E-state index in [1.165, 1.54) is 0 Å². The van der Waals surface area contributed by atoms with Crippen LogP contribution in [0.3, 0.4) is 0 Å². The van der Waals surface area contributed by atoms with Crippen molar-refractivity contribution >= 4 is 17.8 Å². The second kappa shape index (κ2) is 8.06. The molecule has 8 nitrogen and oxygen atoms in total. The number of hydrogen-bond donors (Lipinski definition) is 1. The Morgan fingerprint density at radius 3 is 2.10 bits per heavy atom. The number of aliphatic hydroxyl groups excluding tert-OH is 1. The molecule has 1 atom stereocenters. The normalized spacial score (nSPS) is 21.3. The SMILES string of the molecule is CC1=NCC[N+]1(CCO)CC(=O)[O-].C[N+](C)(C)CC(=O)[O-]. The molecule has 1 unspecified atom stereocenters. The highest BCUT2D eigenvalue weighted by molar-refractivity contribution is 5.77. The van der Waals surface area contributed by atoms with Crippen molar-refractivity contribution in [2.75, 3.05) is 60.5 Å². The number of hydrogen-bond acceptors (Lipinski definition) is 6. The Morgan fingerprint density at radius 1 is 1.29 bits per heavy atom. The van der Waals surface area contributed by atoms with Gasteiger partial charge >= 0.3 is 0 Å². The highest BCUT2D eigenvalue weighted by Gasteiger charge is 2.34. The van der Waals surface area contributed by atoms with Crippen LogP contribution in [0.5, 0.6) is 0 Å². The van der Waals surface area contributed by atoms with Crippen LogP contribution in [-0.2, 0) is 9.59 Å². The highest BCUT2D eigenvalue weighted by Crippen LogP contribution is 2.13. The van der Waals surface area contributed by atoms with Gasteiger partial charge in [-0.2, -0.15) is 0 Å². The molecule has 0 saturated carbocycles. The van der Waals surface area contributed by atoms with E-state index in [0.717, 1.165) is 5.84 Å². The number of likely N-dealkylation sites (N-methyl/N-ethyl adjacent to an activating group) is 1. The largest absolute Gasteiger partial charge is 0.544 e. The summed E-state index contributed by atoms with van der Waals surface area (Å²) in [5, 5.41) is 29.2. The van der Waals surface area contributed by atoms with Gasteiger partial charge in [0.25, 0.3) is 0 Å². The van der Waals surface area contributed by atoms with Crippen molar-refractivity contribution in [1.29, 1.82) is 0 Å². The molecule has 1 heterocycles. The van der Waals surface area contributed by atoms with Crippen LogP contribution in [0.25, 0.3) is 0 Å². The number of aliphatic imine (C=N–C) groups is 1. The van der Waals surface area contributed by atoms with E-state index in [1.54, 1.807) is 28.1 Å². The monoisotopic (exact) mass is 303 g/mol. The lowest BCUT2D eigenvalue weighted by Gasteiger charge is -2.33. The Morgan fingerprint density at radius 2 is 1.86 bits per heavy atom. The van der Waals surface area contributed by atoms with E-state index in [2.05, 4.69) is 4.99 Å². The van der Waals surface area contributed by atoms with Crippen molar-refractivity contribution < 1.29 is 33.9 Å². The number of rotatable bonds is 6. The van der Waals surface area contributed by atoms with Crippen LogP contribution in [0.2, 0.25) is 0 Å². The summed E-state index contributed by atoms with van der Waals surface area (Å²) in [7, 11) is 5.40. The molecule has 0 aromatic carbocycles. The molecule has 0 bridgehead atoms. The van der Waals surface area contributed by atoms with Crippen LogP contribution < -0.4 is 10.2 Å². The second-order valence-electron chi connectivity index (χ2n) is 6.10. The first-order chi connectivity index (χ1) is 9.52. The zero-order valence-electron chi connectivity index (χ0n) is 13.2. The van der Waals surface area contributed by atoms with Crippen molar-refractivity contribution in [3.8, 4) is 0 Å². The summed E-state index contributed by atoms with van der Waals surface area (Å²) in [6, 6.07) is 0. The molecule has 0 fully saturated rings. The Kier molecular flexibility index (Phi) is 7.48. The fraction of sp³-hybridized carbons (Fsp3) is 0.769. The number of amidine groups is 1. The molecule has 122 valence electrons. The summed E-state index contributed by atoms with van der Waals surface area (Å²) in [5.41, 5.74) is 0. The topological polar surface area (TPSA) is 113 Å². The maximum Gasteiger partial charge on any atom is 0.195 e. The van der Waals surface area contributed by atoms with Gasteiger partial charge in [-0.3, -0.25) is 4.48 Å². The molecular weight excluding hydrogens is 278 g/mol. The lowest BCUT2D eigenvalue weighted by Crippen LogP contribution is -2.56. The minimum Gasteiger partial charge on any atom is -0.544 e. The lowest BCUT2D eigenvalue weighted by molar-refractivity contribution is -0.864. The van der Waals surface area contributed by atoms with Gasteiger partial charge in [0.2, 0.25) is 0 Å². The van der Waals surface area contributed by atoms with Gasteiger partial charge < -0.3 is 29.4 Å². The average Bonchev–Trinajstić information content (AvgIpc) is 2.56. The molecule has 1 rings (SSSR count). The standard InChI is InChI=1S/C8H14N2O3.C5H11NO2/c1-7-9-2-3-10(7,4-5-11)6-8(12)13;1-6(2,3)4-5(7)8/h11H,2-6H2,1H3;4H2,1-3H3. The van der Waals surface area contributed by atoms with Gasteiger partial charge in [-0.25, -0.2) is 4.99 Å². The minimum absolute atomic E-state index is 0.0276. The van der Waals surface area contributed by atoms with E-state index in [0.29, 0.717) is 24.1 Å². The fourth-order valence-corrected chi connectivity index (χ4v) is 2.09. The Balaban J connectivity index is 0.000000433. The van der Waals surface area contributed by atoms with Gasteiger partial charge in [0.15, 0.2) is 5.84 Å². The summed E-state index contributed by atoms with van der Waals surface area (Å²) in [5.74, 6) is -1.32. The maximum atomic E-state index is 10.5. The first-order valence-corrected chi connectivity index (χ1v) is 6.71. The fourth-order valence-electron chi connectivity index (χ4n) is 2.09. The average molecular weight is 303 g/mol. The molecule has 1 aliphatic heterocycles. The summed E-state index contributed by atoms with van der Waals surface area (Å²) < 4.78 is 0.668. The molecule has 21 heavy (non-hydrogen) atoms. The van der Waals surface area contributed by atoms with Crippen LogP contribution in [0.4, 0.5) is 0 Å². The van der Waals surface area contributed by atoms with Gasteiger partial charge in [0.05, 0.1) is 46.2 Å². The van der Waals surface area contributed by atoms with Crippen molar-refractivity contribution in [2.45, 2.75) is 6.92 Å². The van der Waals surface area contributed by atoms with Gasteiger partial charge in [0, 0.05) is 6.92 Å². The van der Waals surface area contributed by atoms with Crippen LogP contribution in [-0.4, -0.2) is 92.3 Å². The third-order valence-corrected chi connectivity index (χ3v) is 3.12. The number of nitrogens with zero attached hydrogens (tertiary/aromatic N) is 3. The quantitative estimate of drug-likeness (QED) is 0.510. The van der Waals surface area contributed by atoms with Crippen LogP contribution in [0, 0.1) is 0 Å². The number of aliphatic carboxylic acids is 2. The molecule has 0 aromatic rings. The molecule has 8 heteroatoms. The Labute approximate surface area is 125 Å². The van der Waals surface area contributed by atoms with Crippen molar-refractivity contribution in [1.82, 2.24) is 0 Å². The van der Waals surface area contributed by atoms with E-state index in [9.17, 15) is 19.8 Å². The van der Waals surface area contributed by atoms with E-state index in [1.807, 2.05) is 0 Å². The van der Waals surface area contributed by atoms with Crippen LogP contribution >= 0.6 is 0 Å². The first-order valence-electron chi connectivity index (χ1n) is 6.71. The van der Waals surface area contributed by atoms with E-state index >= 15 is 0 Å². The second-order valence-corrected chi connectivity index (χ2v) is 6.10. The molecule has 0 aromatic heterocycles. The first kappa shape index (κ1) is 19.5. The lowest BCUT2D eigenvalue weighted by atomic mass is 10.3. The molecule has 0 amide bonds. The van der Waals surface area contributed by atoms with Crippen molar-refractivity contribution in [2.24, 2.45) is 4.99 Å². The number of aliphatic hydroxyl groups is 1. The predicted octanol–water partition coefficient (Wildman–Crippen LogP) is -3.58. The smallest absolute Gasteiger partial charge is 0.195 e.